The summed E-state index contributed by atoms with van der Waals surface area (Å²) in [5.41, 5.74) is 2.75. The van der Waals surface area contributed by atoms with Crippen LogP contribution < -0.4 is 4.90 Å². The van der Waals surface area contributed by atoms with Crippen LogP contribution in [0.3, 0.4) is 0 Å². The number of fused-ring (bicyclic) bond motifs is 1. The number of halogens is 3. The Bertz CT molecular complexity index is 1210. The summed E-state index contributed by atoms with van der Waals surface area (Å²) in [6.45, 7) is 4.12. The smallest absolute Gasteiger partial charge is 0.279 e. The highest BCUT2D eigenvalue weighted by Gasteiger charge is 2.32. The molecule has 2 heterocycles. The van der Waals surface area contributed by atoms with Gasteiger partial charge in [-0.15, -0.1) is 0 Å². The van der Waals surface area contributed by atoms with Crippen molar-refractivity contribution in [3.8, 4) is 0 Å². The third kappa shape index (κ3) is 4.44. The van der Waals surface area contributed by atoms with Gasteiger partial charge in [0.05, 0.1) is 22.3 Å². The van der Waals surface area contributed by atoms with Crippen LogP contribution in [0, 0.1) is 13.8 Å². The van der Waals surface area contributed by atoms with E-state index in [1.165, 1.54) is 28.4 Å². The summed E-state index contributed by atoms with van der Waals surface area (Å²) in [4.78, 5) is 23.4. The summed E-state index contributed by atoms with van der Waals surface area (Å²) in [6.07, 6.45) is -1.30. The fraction of sp³-hybridized carbons (Fsp3) is 0.174. The van der Waals surface area contributed by atoms with Crippen LogP contribution in [-0.4, -0.2) is 15.9 Å². The van der Waals surface area contributed by atoms with Crippen LogP contribution in [-0.2, 0) is 12.7 Å². The molecular formula is C23H18F3N3OS. The molecule has 4 aromatic rings. The van der Waals surface area contributed by atoms with Gasteiger partial charge in [-0.3, -0.25) is 14.7 Å². The lowest BCUT2D eigenvalue weighted by atomic mass is 10.1. The molecule has 0 N–H and O–H groups in total. The largest absolute Gasteiger partial charge is 0.416 e. The van der Waals surface area contributed by atoms with Crippen molar-refractivity contribution in [2.75, 3.05) is 4.90 Å². The van der Waals surface area contributed by atoms with Crippen molar-refractivity contribution in [1.82, 2.24) is 9.97 Å². The molecule has 0 aliphatic carbocycles. The molecule has 158 valence electrons. The number of carbonyl (C=O) groups excluding carboxylic acids is 1. The highest BCUT2D eigenvalue weighted by Crippen LogP contribution is 2.34. The van der Waals surface area contributed by atoms with Gasteiger partial charge in [0.1, 0.15) is 0 Å². The van der Waals surface area contributed by atoms with E-state index in [4.69, 9.17) is 0 Å². The van der Waals surface area contributed by atoms with Crippen molar-refractivity contribution in [2.24, 2.45) is 0 Å². The van der Waals surface area contributed by atoms with Crippen LogP contribution in [0.25, 0.3) is 10.2 Å². The number of rotatable bonds is 4. The third-order valence-corrected chi connectivity index (χ3v) is 6.01. The number of hydrogen-bond acceptors (Lipinski definition) is 4. The fourth-order valence-electron chi connectivity index (χ4n) is 3.17. The lowest BCUT2D eigenvalue weighted by molar-refractivity contribution is -0.137. The monoisotopic (exact) mass is 441 g/mol. The summed E-state index contributed by atoms with van der Waals surface area (Å²) in [7, 11) is 0. The van der Waals surface area contributed by atoms with E-state index < -0.39 is 17.6 Å². The Balaban J connectivity index is 1.79. The van der Waals surface area contributed by atoms with E-state index in [-0.39, 0.29) is 12.1 Å². The molecule has 0 fully saturated rings. The van der Waals surface area contributed by atoms with E-state index >= 15 is 0 Å². The average Bonchev–Trinajstić information content (AvgIpc) is 3.14. The SMILES string of the molecule is Cc1cc2nc(N(Cc3cccnc3)C(=O)c3cccc(C(F)(F)F)c3)sc2cc1C. The van der Waals surface area contributed by atoms with Crippen LogP contribution in [0.5, 0.6) is 0 Å². The molecule has 2 aromatic carbocycles. The van der Waals surface area contributed by atoms with Crippen molar-refractivity contribution in [3.05, 3.63) is 88.7 Å². The summed E-state index contributed by atoms with van der Waals surface area (Å²) in [5, 5.41) is 0.422. The number of anilines is 1. The molecule has 2 aromatic heterocycles. The molecule has 0 saturated heterocycles. The lowest BCUT2D eigenvalue weighted by Gasteiger charge is -2.20. The molecule has 8 heteroatoms. The maximum Gasteiger partial charge on any atom is 0.416 e. The van der Waals surface area contributed by atoms with Gasteiger partial charge in [-0.05, 0) is 66.9 Å². The van der Waals surface area contributed by atoms with Crippen LogP contribution in [0.1, 0.15) is 32.6 Å². The Morgan fingerprint density at radius 1 is 1.06 bits per heavy atom. The van der Waals surface area contributed by atoms with E-state index in [1.807, 2.05) is 26.0 Å². The van der Waals surface area contributed by atoms with Gasteiger partial charge in [0.25, 0.3) is 5.91 Å². The Morgan fingerprint density at radius 3 is 2.55 bits per heavy atom. The molecule has 0 aliphatic heterocycles. The van der Waals surface area contributed by atoms with Gasteiger partial charge in [0.2, 0.25) is 0 Å². The van der Waals surface area contributed by atoms with Crippen LogP contribution >= 0.6 is 11.3 Å². The quantitative estimate of drug-likeness (QED) is 0.380. The Hall–Kier alpha value is -3.26. The summed E-state index contributed by atoms with van der Waals surface area (Å²) in [5.74, 6) is -0.553. The first-order valence-electron chi connectivity index (χ1n) is 9.48. The van der Waals surface area contributed by atoms with Gasteiger partial charge in [0.15, 0.2) is 5.13 Å². The zero-order valence-electron chi connectivity index (χ0n) is 16.8. The molecule has 1 amide bonds. The molecule has 4 rings (SSSR count). The average molecular weight is 441 g/mol. The number of thiazole rings is 1. The van der Waals surface area contributed by atoms with Gasteiger partial charge in [-0.25, -0.2) is 4.98 Å². The minimum Gasteiger partial charge on any atom is -0.279 e. The van der Waals surface area contributed by atoms with E-state index in [2.05, 4.69) is 9.97 Å². The molecule has 0 saturated carbocycles. The second-order valence-electron chi connectivity index (χ2n) is 7.23. The van der Waals surface area contributed by atoms with Gasteiger partial charge < -0.3 is 0 Å². The predicted molar refractivity (Wildman–Crippen MR) is 115 cm³/mol. The summed E-state index contributed by atoms with van der Waals surface area (Å²) >= 11 is 1.33. The predicted octanol–water partition coefficient (Wildman–Crippen LogP) is 6.17. The molecule has 0 unspecified atom stereocenters. The second kappa shape index (κ2) is 8.11. The minimum atomic E-state index is -4.53. The number of alkyl halides is 3. The molecule has 0 aliphatic rings. The van der Waals surface area contributed by atoms with Gasteiger partial charge in [0, 0.05) is 18.0 Å². The van der Waals surface area contributed by atoms with Crippen molar-refractivity contribution in [3.63, 3.8) is 0 Å². The second-order valence-corrected chi connectivity index (χ2v) is 8.24. The first-order chi connectivity index (χ1) is 14.7. The normalized spacial score (nSPS) is 11.6. The molecule has 31 heavy (non-hydrogen) atoms. The zero-order chi connectivity index (χ0) is 22.2. The van der Waals surface area contributed by atoms with Gasteiger partial charge in [-0.1, -0.05) is 23.5 Å². The third-order valence-electron chi connectivity index (χ3n) is 4.97. The van der Waals surface area contributed by atoms with E-state index in [9.17, 15) is 18.0 Å². The molecule has 0 spiro atoms. The minimum absolute atomic E-state index is 0.0506. The standard InChI is InChI=1S/C23H18F3N3OS/c1-14-9-19-20(10-15(14)2)31-22(28-19)29(13-16-5-4-8-27-12-16)21(30)17-6-3-7-18(11-17)23(24,25)26/h3-12H,13H2,1-2H3. The maximum absolute atomic E-state index is 13.3. The molecule has 0 radical (unpaired) electrons. The molecule has 4 nitrogen and oxygen atoms in total. The highest BCUT2D eigenvalue weighted by atomic mass is 32.1. The van der Waals surface area contributed by atoms with Crippen LogP contribution in [0.4, 0.5) is 18.3 Å². The number of aromatic nitrogens is 2. The Labute approximate surface area is 181 Å². The zero-order valence-corrected chi connectivity index (χ0v) is 17.6. The first kappa shape index (κ1) is 21.0. The number of carbonyl (C=O) groups is 1. The van der Waals surface area contributed by atoms with Crippen molar-refractivity contribution in [1.29, 1.82) is 0 Å². The fourth-order valence-corrected chi connectivity index (χ4v) is 4.21. The van der Waals surface area contributed by atoms with Crippen LogP contribution in [0.2, 0.25) is 0 Å². The summed E-state index contributed by atoms with van der Waals surface area (Å²) in [6, 6.07) is 11.9. The van der Waals surface area contributed by atoms with Crippen molar-refractivity contribution >= 4 is 32.6 Å². The highest BCUT2D eigenvalue weighted by molar-refractivity contribution is 7.22. The number of nitrogens with zero attached hydrogens (tertiary/aromatic N) is 3. The Morgan fingerprint density at radius 2 is 1.84 bits per heavy atom. The van der Waals surface area contributed by atoms with E-state index in [0.717, 1.165) is 39.0 Å². The van der Waals surface area contributed by atoms with Crippen molar-refractivity contribution < 1.29 is 18.0 Å². The number of aryl methyl sites for hydroxylation is 2. The van der Waals surface area contributed by atoms with Gasteiger partial charge >= 0.3 is 6.18 Å². The number of hydrogen-bond donors (Lipinski definition) is 0. The summed E-state index contributed by atoms with van der Waals surface area (Å²) < 4.78 is 40.4. The molecule has 0 atom stereocenters. The van der Waals surface area contributed by atoms with E-state index in [1.54, 1.807) is 24.5 Å². The van der Waals surface area contributed by atoms with Gasteiger partial charge in [-0.2, -0.15) is 13.2 Å². The first-order valence-corrected chi connectivity index (χ1v) is 10.3. The number of amides is 1. The maximum atomic E-state index is 13.3. The number of pyridine rings is 1. The topological polar surface area (TPSA) is 46.1 Å². The molecular weight excluding hydrogens is 423 g/mol. The van der Waals surface area contributed by atoms with Crippen LogP contribution in [0.15, 0.2) is 60.9 Å². The Kier molecular flexibility index (Phi) is 5.49. The van der Waals surface area contributed by atoms with E-state index in [0.29, 0.717) is 5.13 Å². The lowest BCUT2D eigenvalue weighted by Crippen LogP contribution is -2.30. The molecule has 0 bridgehead atoms. The number of benzene rings is 2. The van der Waals surface area contributed by atoms with Crippen molar-refractivity contribution in [2.45, 2.75) is 26.6 Å².